The third-order valence-electron chi connectivity index (χ3n) is 3.22. The van der Waals surface area contributed by atoms with Crippen LogP contribution in [-0.4, -0.2) is 44.1 Å². The van der Waals surface area contributed by atoms with Crippen LogP contribution < -0.4 is 10.1 Å². The lowest BCUT2D eigenvalue weighted by Gasteiger charge is -2.23. The summed E-state index contributed by atoms with van der Waals surface area (Å²) in [6, 6.07) is 7.58. The molecule has 1 unspecified atom stereocenters. The molecule has 4 nitrogen and oxygen atoms in total. The lowest BCUT2D eigenvalue weighted by molar-refractivity contribution is 0.0743. The van der Waals surface area contributed by atoms with Gasteiger partial charge in [0, 0.05) is 25.2 Å². The normalized spacial score (nSPS) is 18.0. The third kappa shape index (κ3) is 3.15. The van der Waals surface area contributed by atoms with Crippen molar-refractivity contribution in [3.8, 4) is 5.75 Å². The van der Waals surface area contributed by atoms with Crippen molar-refractivity contribution in [3.63, 3.8) is 0 Å². The van der Waals surface area contributed by atoms with Crippen LogP contribution in [0, 0.1) is 0 Å². The number of carbonyl (C=O) groups is 1. The number of nitrogens with one attached hydrogen (secondary N) is 1. The van der Waals surface area contributed by atoms with Crippen LogP contribution in [0.15, 0.2) is 24.3 Å². The largest absolute Gasteiger partial charge is 0.497 e. The number of amides is 1. The Labute approximate surface area is 114 Å². The summed E-state index contributed by atoms with van der Waals surface area (Å²) in [4.78, 5) is 14.1. The average molecular weight is 271 g/mol. The van der Waals surface area contributed by atoms with Gasteiger partial charge < -0.3 is 15.0 Å². The van der Waals surface area contributed by atoms with Crippen LogP contribution in [0.2, 0.25) is 0 Å². The monoisotopic (exact) mass is 270 g/mol. The maximum absolute atomic E-state index is 12.2. The number of nitrogens with zero attached hydrogens (tertiary/aromatic N) is 1. The summed E-state index contributed by atoms with van der Waals surface area (Å²) in [5.74, 6) is 0.770. The number of rotatable bonds is 3. The first-order chi connectivity index (χ1) is 8.22. The Morgan fingerprint density at radius 1 is 1.50 bits per heavy atom. The van der Waals surface area contributed by atoms with Crippen LogP contribution in [-0.2, 0) is 0 Å². The minimum atomic E-state index is 0. The SMILES string of the molecule is COc1cccc(C(=O)N(C)C2CCNC2)c1.Cl. The van der Waals surface area contributed by atoms with Crippen LogP contribution in [0.4, 0.5) is 0 Å². The zero-order valence-corrected chi connectivity index (χ0v) is 11.5. The van der Waals surface area contributed by atoms with Crippen molar-refractivity contribution in [3.05, 3.63) is 29.8 Å². The first kappa shape index (κ1) is 14.8. The van der Waals surface area contributed by atoms with Crippen LogP contribution in [0.3, 0.4) is 0 Å². The second kappa shape index (κ2) is 6.61. The highest BCUT2D eigenvalue weighted by Crippen LogP contribution is 2.16. The van der Waals surface area contributed by atoms with Gasteiger partial charge in [0.05, 0.1) is 7.11 Å². The van der Waals surface area contributed by atoms with Gasteiger partial charge in [-0.2, -0.15) is 0 Å². The van der Waals surface area contributed by atoms with E-state index in [2.05, 4.69) is 5.32 Å². The van der Waals surface area contributed by atoms with Gasteiger partial charge in [0.15, 0.2) is 0 Å². The van der Waals surface area contributed by atoms with E-state index in [4.69, 9.17) is 4.74 Å². The molecular formula is C13H19ClN2O2. The second-order valence-corrected chi connectivity index (χ2v) is 4.29. The van der Waals surface area contributed by atoms with Crippen molar-refractivity contribution in [2.45, 2.75) is 12.5 Å². The van der Waals surface area contributed by atoms with E-state index in [1.165, 1.54) is 0 Å². The maximum Gasteiger partial charge on any atom is 0.254 e. The molecule has 1 aromatic rings. The molecule has 18 heavy (non-hydrogen) atoms. The molecule has 1 aliphatic rings. The van der Waals surface area contributed by atoms with Gasteiger partial charge in [0.25, 0.3) is 5.91 Å². The molecule has 1 amide bonds. The number of methoxy groups -OCH3 is 1. The van der Waals surface area contributed by atoms with Crippen molar-refractivity contribution >= 4 is 18.3 Å². The standard InChI is InChI=1S/C13H18N2O2.ClH/c1-15(11-6-7-14-9-11)13(16)10-4-3-5-12(8-10)17-2;/h3-5,8,11,14H,6-7,9H2,1-2H3;1H. The highest BCUT2D eigenvalue weighted by molar-refractivity contribution is 5.94. The summed E-state index contributed by atoms with van der Waals surface area (Å²) in [6.45, 7) is 1.87. The van der Waals surface area contributed by atoms with Crippen LogP contribution in [0.25, 0.3) is 0 Å². The van der Waals surface area contributed by atoms with Crippen molar-refractivity contribution in [1.29, 1.82) is 0 Å². The van der Waals surface area contributed by atoms with Gasteiger partial charge >= 0.3 is 0 Å². The Kier molecular flexibility index (Phi) is 5.44. The van der Waals surface area contributed by atoms with E-state index in [1.54, 1.807) is 13.2 Å². The molecule has 0 aromatic heterocycles. The quantitative estimate of drug-likeness (QED) is 0.906. The summed E-state index contributed by atoms with van der Waals surface area (Å²) in [5, 5.41) is 3.26. The molecule has 0 spiro atoms. The lowest BCUT2D eigenvalue weighted by Crippen LogP contribution is -2.38. The number of hydrogen-bond acceptors (Lipinski definition) is 3. The molecule has 1 atom stereocenters. The van der Waals surface area contributed by atoms with Gasteiger partial charge in [-0.25, -0.2) is 0 Å². The fourth-order valence-electron chi connectivity index (χ4n) is 2.10. The molecule has 1 heterocycles. The molecule has 0 aliphatic carbocycles. The first-order valence-corrected chi connectivity index (χ1v) is 5.84. The van der Waals surface area contributed by atoms with E-state index in [1.807, 2.05) is 30.1 Å². The molecule has 1 N–H and O–H groups in total. The van der Waals surface area contributed by atoms with Crippen LogP contribution in [0.5, 0.6) is 5.75 Å². The summed E-state index contributed by atoms with van der Waals surface area (Å²) >= 11 is 0. The topological polar surface area (TPSA) is 41.6 Å². The fourth-order valence-corrected chi connectivity index (χ4v) is 2.10. The maximum atomic E-state index is 12.2. The summed E-state index contributed by atoms with van der Waals surface area (Å²) in [5.41, 5.74) is 0.679. The third-order valence-corrected chi connectivity index (χ3v) is 3.22. The van der Waals surface area contributed by atoms with E-state index < -0.39 is 0 Å². The van der Waals surface area contributed by atoms with Crippen LogP contribution >= 0.6 is 12.4 Å². The lowest BCUT2D eigenvalue weighted by atomic mass is 10.1. The highest BCUT2D eigenvalue weighted by Gasteiger charge is 2.23. The Hall–Kier alpha value is -1.26. The smallest absolute Gasteiger partial charge is 0.254 e. The molecule has 2 rings (SSSR count). The molecule has 1 aromatic carbocycles. The highest BCUT2D eigenvalue weighted by atomic mass is 35.5. The summed E-state index contributed by atoms with van der Waals surface area (Å²) in [7, 11) is 3.47. The van der Waals surface area contributed by atoms with Crippen molar-refractivity contribution < 1.29 is 9.53 Å². The van der Waals surface area contributed by atoms with Crippen molar-refractivity contribution in [2.75, 3.05) is 27.2 Å². The molecule has 100 valence electrons. The molecule has 0 radical (unpaired) electrons. The summed E-state index contributed by atoms with van der Waals surface area (Å²) < 4.78 is 5.13. The van der Waals surface area contributed by atoms with Crippen LogP contribution in [0.1, 0.15) is 16.8 Å². The average Bonchev–Trinajstić information content (AvgIpc) is 2.91. The number of ether oxygens (including phenoxy) is 1. The molecule has 1 saturated heterocycles. The van der Waals surface area contributed by atoms with Gasteiger partial charge in [0.2, 0.25) is 0 Å². The predicted molar refractivity (Wildman–Crippen MR) is 73.6 cm³/mol. The van der Waals surface area contributed by atoms with E-state index in [0.29, 0.717) is 17.4 Å². The van der Waals surface area contributed by atoms with E-state index in [-0.39, 0.29) is 18.3 Å². The van der Waals surface area contributed by atoms with Gasteiger partial charge in [-0.3, -0.25) is 4.79 Å². The number of benzene rings is 1. The van der Waals surface area contributed by atoms with Gasteiger partial charge in [-0.05, 0) is 31.2 Å². The minimum absolute atomic E-state index is 0. The molecule has 0 bridgehead atoms. The molecular weight excluding hydrogens is 252 g/mol. The number of hydrogen-bond donors (Lipinski definition) is 1. The molecule has 1 aliphatic heterocycles. The van der Waals surface area contributed by atoms with E-state index in [9.17, 15) is 4.79 Å². The Balaban J connectivity index is 0.00000162. The Morgan fingerprint density at radius 3 is 2.89 bits per heavy atom. The molecule has 0 saturated carbocycles. The van der Waals surface area contributed by atoms with Crippen molar-refractivity contribution in [1.82, 2.24) is 10.2 Å². The zero-order valence-electron chi connectivity index (χ0n) is 10.7. The molecule has 1 fully saturated rings. The predicted octanol–water partition coefficient (Wildman–Crippen LogP) is 1.55. The number of carbonyl (C=O) groups excluding carboxylic acids is 1. The second-order valence-electron chi connectivity index (χ2n) is 4.29. The fraction of sp³-hybridized carbons (Fsp3) is 0.462. The Bertz CT molecular complexity index is 406. The molecule has 5 heteroatoms. The van der Waals surface area contributed by atoms with Gasteiger partial charge in [0.1, 0.15) is 5.75 Å². The van der Waals surface area contributed by atoms with E-state index in [0.717, 1.165) is 19.5 Å². The van der Waals surface area contributed by atoms with E-state index >= 15 is 0 Å². The number of halogens is 1. The zero-order chi connectivity index (χ0) is 12.3. The van der Waals surface area contributed by atoms with Gasteiger partial charge in [-0.15, -0.1) is 12.4 Å². The first-order valence-electron chi connectivity index (χ1n) is 5.84. The number of likely N-dealkylation sites (N-methyl/N-ethyl adjacent to an activating group) is 1. The summed E-state index contributed by atoms with van der Waals surface area (Å²) in [6.07, 6.45) is 1.02. The minimum Gasteiger partial charge on any atom is -0.497 e. The van der Waals surface area contributed by atoms with Gasteiger partial charge in [-0.1, -0.05) is 6.07 Å². The van der Waals surface area contributed by atoms with Crippen molar-refractivity contribution in [2.24, 2.45) is 0 Å². The Morgan fingerprint density at radius 2 is 2.28 bits per heavy atom.